The van der Waals surface area contributed by atoms with Gasteiger partial charge in [-0.25, -0.2) is 0 Å². The molecular weight excluding hydrogens is 238 g/mol. The van der Waals surface area contributed by atoms with E-state index in [0.29, 0.717) is 11.7 Å². The first-order valence-corrected chi connectivity index (χ1v) is 6.75. The number of rotatable bonds is 2. The van der Waals surface area contributed by atoms with Crippen LogP contribution in [0.1, 0.15) is 30.0 Å². The number of H-pyrrole nitrogens is 1. The summed E-state index contributed by atoms with van der Waals surface area (Å²) in [6.07, 6.45) is 2.06. The number of aromatic amines is 1. The van der Waals surface area contributed by atoms with Crippen molar-refractivity contribution in [2.45, 2.75) is 25.7 Å². The second-order valence-corrected chi connectivity index (χ2v) is 5.10. The summed E-state index contributed by atoms with van der Waals surface area (Å²) in [6, 6.07) is 8.31. The van der Waals surface area contributed by atoms with Crippen molar-refractivity contribution >= 4 is 5.82 Å². The molecule has 4 nitrogen and oxygen atoms in total. The summed E-state index contributed by atoms with van der Waals surface area (Å²) in [5.41, 5.74) is 10.7. The van der Waals surface area contributed by atoms with Crippen molar-refractivity contribution in [3.05, 3.63) is 35.5 Å². The third-order valence-corrected chi connectivity index (χ3v) is 3.87. The molecule has 19 heavy (non-hydrogen) atoms. The van der Waals surface area contributed by atoms with Crippen molar-refractivity contribution in [1.82, 2.24) is 10.2 Å². The van der Waals surface area contributed by atoms with E-state index in [9.17, 15) is 0 Å². The van der Waals surface area contributed by atoms with Crippen molar-refractivity contribution in [2.24, 2.45) is 0 Å². The first kappa shape index (κ1) is 12.2. The number of nitrogens with one attached hydrogen (secondary N) is 1. The van der Waals surface area contributed by atoms with Crippen LogP contribution in [0.4, 0.5) is 5.82 Å². The molecule has 2 aromatic rings. The molecule has 1 aromatic heterocycles. The maximum absolute atomic E-state index is 6.08. The maximum atomic E-state index is 6.08. The maximum Gasteiger partial charge on any atom is 0.153 e. The zero-order valence-corrected chi connectivity index (χ0v) is 11.1. The van der Waals surface area contributed by atoms with E-state index in [0.717, 1.165) is 37.3 Å². The van der Waals surface area contributed by atoms with E-state index in [2.05, 4.69) is 29.3 Å². The molecule has 0 spiro atoms. The highest BCUT2D eigenvalue weighted by Crippen LogP contribution is 2.37. The number of aromatic nitrogens is 2. The Bertz CT molecular complexity index is 571. The van der Waals surface area contributed by atoms with Crippen molar-refractivity contribution in [3.63, 3.8) is 0 Å². The number of hydrogen-bond acceptors (Lipinski definition) is 3. The van der Waals surface area contributed by atoms with E-state index in [-0.39, 0.29) is 0 Å². The molecule has 0 unspecified atom stereocenters. The molecule has 3 N–H and O–H groups in total. The largest absolute Gasteiger partial charge is 0.382 e. The minimum Gasteiger partial charge on any atom is -0.382 e. The van der Waals surface area contributed by atoms with Gasteiger partial charge in [0.2, 0.25) is 0 Å². The molecule has 100 valence electrons. The summed E-state index contributed by atoms with van der Waals surface area (Å²) < 4.78 is 5.43. The normalized spacial score (nSPS) is 16.7. The predicted octanol–water partition coefficient (Wildman–Crippen LogP) is 2.86. The molecule has 0 atom stereocenters. The number of nitrogens with two attached hydrogens (primary N) is 1. The second-order valence-electron chi connectivity index (χ2n) is 5.10. The highest BCUT2D eigenvalue weighted by atomic mass is 16.5. The van der Waals surface area contributed by atoms with E-state index in [1.165, 1.54) is 11.1 Å². The number of nitrogens with zero attached hydrogens (tertiary/aromatic N) is 1. The summed E-state index contributed by atoms with van der Waals surface area (Å²) in [7, 11) is 0. The van der Waals surface area contributed by atoms with Crippen LogP contribution in [0.2, 0.25) is 0 Å². The van der Waals surface area contributed by atoms with Crippen LogP contribution >= 0.6 is 0 Å². The number of nitrogen functional groups attached to an aromatic ring is 1. The van der Waals surface area contributed by atoms with Crippen molar-refractivity contribution < 1.29 is 4.74 Å². The third-order valence-electron chi connectivity index (χ3n) is 3.87. The molecule has 1 aliphatic heterocycles. The minimum absolute atomic E-state index is 0.466. The van der Waals surface area contributed by atoms with Gasteiger partial charge < -0.3 is 10.5 Å². The molecule has 2 heterocycles. The molecule has 1 fully saturated rings. The van der Waals surface area contributed by atoms with E-state index in [1.54, 1.807) is 0 Å². The highest BCUT2D eigenvalue weighted by Gasteiger charge is 2.24. The molecule has 0 bridgehead atoms. The van der Waals surface area contributed by atoms with Gasteiger partial charge in [0.15, 0.2) is 5.82 Å². The Morgan fingerprint density at radius 3 is 2.74 bits per heavy atom. The van der Waals surface area contributed by atoms with Gasteiger partial charge in [0.05, 0.1) is 0 Å². The smallest absolute Gasteiger partial charge is 0.153 e. The van der Waals surface area contributed by atoms with Crippen molar-refractivity contribution in [2.75, 3.05) is 18.9 Å². The predicted molar refractivity (Wildman–Crippen MR) is 76.0 cm³/mol. The van der Waals surface area contributed by atoms with Gasteiger partial charge in [-0.3, -0.25) is 5.10 Å². The summed E-state index contributed by atoms with van der Waals surface area (Å²) >= 11 is 0. The van der Waals surface area contributed by atoms with Crippen LogP contribution in [-0.4, -0.2) is 23.4 Å². The summed E-state index contributed by atoms with van der Waals surface area (Å²) in [6.45, 7) is 3.74. The molecule has 1 aliphatic rings. The monoisotopic (exact) mass is 257 g/mol. The zero-order chi connectivity index (χ0) is 13.2. The molecule has 4 heteroatoms. The van der Waals surface area contributed by atoms with Gasteiger partial charge in [0.25, 0.3) is 0 Å². The number of hydrogen-bond donors (Lipinski definition) is 2. The molecule has 1 saturated heterocycles. The SMILES string of the molecule is Cc1ccccc1-c1c(N)n[nH]c1C1CCOCC1. The molecular formula is C15H19N3O. The topological polar surface area (TPSA) is 63.9 Å². The van der Waals surface area contributed by atoms with E-state index >= 15 is 0 Å². The van der Waals surface area contributed by atoms with E-state index in [1.807, 2.05) is 12.1 Å². The second kappa shape index (κ2) is 5.05. The Labute approximate surface area is 113 Å². The lowest BCUT2D eigenvalue weighted by atomic mass is 9.90. The Morgan fingerprint density at radius 1 is 1.26 bits per heavy atom. The van der Waals surface area contributed by atoms with Gasteiger partial charge in [-0.05, 0) is 30.9 Å². The van der Waals surface area contributed by atoms with Crippen LogP contribution in [0, 0.1) is 6.92 Å². The number of anilines is 1. The van der Waals surface area contributed by atoms with Gasteiger partial charge in [0.1, 0.15) is 0 Å². The molecule has 1 aromatic carbocycles. The molecule has 0 saturated carbocycles. The zero-order valence-electron chi connectivity index (χ0n) is 11.1. The fourth-order valence-corrected chi connectivity index (χ4v) is 2.79. The molecule has 3 rings (SSSR count). The Balaban J connectivity index is 2.06. The van der Waals surface area contributed by atoms with Crippen LogP contribution in [0.15, 0.2) is 24.3 Å². The number of aryl methyl sites for hydroxylation is 1. The van der Waals surface area contributed by atoms with Crippen molar-refractivity contribution in [1.29, 1.82) is 0 Å². The van der Waals surface area contributed by atoms with Gasteiger partial charge in [-0.15, -0.1) is 0 Å². The third kappa shape index (κ3) is 2.24. The van der Waals surface area contributed by atoms with Gasteiger partial charge >= 0.3 is 0 Å². The average Bonchev–Trinajstić information content (AvgIpc) is 2.82. The van der Waals surface area contributed by atoms with Gasteiger partial charge in [-0.2, -0.15) is 5.10 Å². The average molecular weight is 257 g/mol. The summed E-state index contributed by atoms with van der Waals surface area (Å²) in [5.74, 6) is 1.06. The molecule has 0 amide bonds. The molecule has 0 aliphatic carbocycles. The van der Waals surface area contributed by atoms with E-state index < -0.39 is 0 Å². The van der Waals surface area contributed by atoms with Crippen LogP contribution < -0.4 is 5.73 Å². The van der Waals surface area contributed by atoms with Crippen LogP contribution in [0.25, 0.3) is 11.1 Å². The first-order chi connectivity index (χ1) is 9.27. The summed E-state index contributed by atoms with van der Waals surface area (Å²) in [5, 5.41) is 7.36. The lowest BCUT2D eigenvalue weighted by Gasteiger charge is -2.22. The Hall–Kier alpha value is -1.81. The standard InChI is InChI=1S/C15H19N3O/c1-10-4-2-3-5-12(10)13-14(17-18-15(13)16)11-6-8-19-9-7-11/h2-5,11H,6-9H2,1H3,(H3,16,17,18). The molecule has 0 radical (unpaired) electrons. The summed E-state index contributed by atoms with van der Waals surface area (Å²) in [4.78, 5) is 0. The lowest BCUT2D eigenvalue weighted by molar-refractivity contribution is 0.0846. The quantitative estimate of drug-likeness (QED) is 0.869. The Morgan fingerprint density at radius 2 is 2.00 bits per heavy atom. The van der Waals surface area contributed by atoms with Gasteiger partial charge in [0, 0.05) is 30.4 Å². The Kier molecular flexibility index (Phi) is 3.25. The highest BCUT2D eigenvalue weighted by molar-refractivity contribution is 5.78. The number of benzene rings is 1. The minimum atomic E-state index is 0.466. The van der Waals surface area contributed by atoms with Crippen LogP contribution in [0.3, 0.4) is 0 Å². The van der Waals surface area contributed by atoms with Crippen molar-refractivity contribution in [3.8, 4) is 11.1 Å². The fraction of sp³-hybridized carbons (Fsp3) is 0.400. The fourth-order valence-electron chi connectivity index (χ4n) is 2.79. The number of ether oxygens (including phenoxy) is 1. The van der Waals surface area contributed by atoms with E-state index in [4.69, 9.17) is 10.5 Å². The first-order valence-electron chi connectivity index (χ1n) is 6.75. The van der Waals surface area contributed by atoms with Crippen LogP contribution in [0.5, 0.6) is 0 Å². The lowest BCUT2D eigenvalue weighted by Crippen LogP contribution is -2.15. The van der Waals surface area contributed by atoms with Crippen LogP contribution in [-0.2, 0) is 4.74 Å². The van der Waals surface area contributed by atoms with Gasteiger partial charge in [-0.1, -0.05) is 24.3 Å².